The van der Waals surface area contributed by atoms with Crippen molar-refractivity contribution in [3.8, 4) is 0 Å². The Labute approximate surface area is 118 Å². The molecule has 1 saturated heterocycles. The first-order chi connectivity index (χ1) is 8.83. The predicted molar refractivity (Wildman–Crippen MR) is 77.3 cm³/mol. The maximum Gasteiger partial charge on any atom is 0.0544 e. The topological polar surface area (TPSA) is 16.1 Å². The molecule has 98 valence electrons. The minimum absolute atomic E-state index is 0.831. The number of rotatable bonds is 3. The van der Waals surface area contributed by atoms with Crippen molar-refractivity contribution in [3.63, 3.8) is 0 Å². The van der Waals surface area contributed by atoms with Crippen LogP contribution in [0.4, 0.5) is 0 Å². The van der Waals surface area contributed by atoms with Crippen LogP contribution in [0.2, 0.25) is 0 Å². The number of aromatic nitrogens is 1. The van der Waals surface area contributed by atoms with Crippen molar-refractivity contribution in [1.29, 1.82) is 0 Å². The van der Waals surface area contributed by atoms with Crippen molar-refractivity contribution < 1.29 is 0 Å². The molecule has 1 aromatic heterocycles. The second-order valence-corrected chi connectivity index (χ2v) is 6.61. The third-order valence-corrected chi connectivity index (χ3v) is 4.98. The zero-order valence-corrected chi connectivity index (χ0v) is 12.4. The van der Waals surface area contributed by atoms with Crippen molar-refractivity contribution in [3.05, 3.63) is 28.5 Å². The summed E-state index contributed by atoms with van der Waals surface area (Å²) in [6.45, 7) is 2.30. The summed E-state index contributed by atoms with van der Waals surface area (Å²) in [5.74, 6) is 0.961. The van der Waals surface area contributed by atoms with E-state index < -0.39 is 0 Å². The van der Waals surface area contributed by atoms with E-state index in [1.165, 1.54) is 50.8 Å². The average Bonchev–Trinajstić information content (AvgIpc) is 3.02. The highest BCUT2D eigenvalue weighted by Gasteiger charge is 2.33. The van der Waals surface area contributed by atoms with Gasteiger partial charge in [-0.05, 0) is 66.2 Å². The summed E-state index contributed by atoms with van der Waals surface area (Å²) >= 11 is 3.45. The van der Waals surface area contributed by atoms with E-state index in [0.717, 1.165) is 23.0 Å². The van der Waals surface area contributed by atoms with E-state index >= 15 is 0 Å². The molecule has 3 heteroatoms. The van der Waals surface area contributed by atoms with Crippen molar-refractivity contribution in [2.75, 3.05) is 6.54 Å². The molecule has 0 bridgehead atoms. The van der Waals surface area contributed by atoms with E-state index in [-0.39, 0.29) is 0 Å². The van der Waals surface area contributed by atoms with E-state index in [1.54, 1.807) is 0 Å². The highest BCUT2D eigenvalue weighted by atomic mass is 79.9. The van der Waals surface area contributed by atoms with Gasteiger partial charge in [-0.15, -0.1) is 0 Å². The molecule has 18 heavy (non-hydrogen) atoms. The molecular weight excluding hydrogens is 288 g/mol. The van der Waals surface area contributed by atoms with Crippen LogP contribution in [-0.4, -0.2) is 22.5 Å². The standard InChI is InChI=1S/C15H21BrN2/c16-13-7-8-14(17-10-13)11-18-9-3-6-15(18)12-4-1-2-5-12/h7-8,10,12,15H,1-6,9,11H2. The molecule has 2 heterocycles. The summed E-state index contributed by atoms with van der Waals surface area (Å²) in [5, 5.41) is 0. The molecule has 3 rings (SSSR count). The molecule has 0 spiro atoms. The first kappa shape index (κ1) is 12.6. The molecule has 0 amide bonds. The van der Waals surface area contributed by atoms with Crippen molar-refractivity contribution in [2.45, 2.75) is 51.1 Å². The van der Waals surface area contributed by atoms with Gasteiger partial charge in [-0.25, -0.2) is 0 Å². The largest absolute Gasteiger partial charge is 0.294 e. The van der Waals surface area contributed by atoms with Crippen LogP contribution >= 0.6 is 15.9 Å². The van der Waals surface area contributed by atoms with Crippen LogP contribution in [0.1, 0.15) is 44.2 Å². The maximum atomic E-state index is 4.51. The summed E-state index contributed by atoms with van der Waals surface area (Å²) in [7, 11) is 0. The Morgan fingerprint density at radius 1 is 1.17 bits per heavy atom. The molecule has 1 aliphatic heterocycles. The molecule has 2 nitrogen and oxygen atoms in total. The number of hydrogen-bond donors (Lipinski definition) is 0. The lowest BCUT2D eigenvalue weighted by atomic mass is 9.96. The van der Waals surface area contributed by atoms with Crippen LogP contribution in [0, 0.1) is 5.92 Å². The van der Waals surface area contributed by atoms with E-state index in [4.69, 9.17) is 0 Å². The Balaban J connectivity index is 1.65. The van der Waals surface area contributed by atoms with Crippen LogP contribution < -0.4 is 0 Å². The monoisotopic (exact) mass is 308 g/mol. The summed E-state index contributed by atoms with van der Waals surface area (Å²) in [6.07, 6.45) is 10.5. The van der Waals surface area contributed by atoms with Crippen LogP contribution in [0.25, 0.3) is 0 Å². The third-order valence-electron chi connectivity index (χ3n) is 4.51. The van der Waals surface area contributed by atoms with Gasteiger partial charge in [-0.3, -0.25) is 9.88 Å². The normalized spacial score (nSPS) is 25.9. The minimum Gasteiger partial charge on any atom is -0.294 e. The molecule has 1 unspecified atom stereocenters. The molecule has 1 atom stereocenters. The van der Waals surface area contributed by atoms with Crippen LogP contribution in [0.15, 0.2) is 22.8 Å². The first-order valence-corrected chi connectivity index (χ1v) is 7.97. The Kier molecular flexibility index (Phi) is 4.00. The fourth-order valence-corrected chi connectivity index (χ4v) is 3.87. The van der Waals surface area contributed by atoms with E-state index in [2.05, 4.69) is 37.9 Å². The predicted octanol–water partition coefficient (Wildman–Crippen LogP) is 4.00. The summed E-state index contributed by atoms with van der Waals surface area (Å²) in [6, 6.07) is 5.08. The average molecular weight is 309 g/mol. The van der Waals surface area contributed by atoms with Gasteiger partial charge in [-0.2, -0.15) is 0 Å². The molecule has 0 radical (unpaired) electrons. The first-order valence-electron chi connectivity index (χ1n) is 7.17. The van der Waals surface area contributed by atoms with Crippen molar-refractivity contribution in [1.82, 2.24) is 9.88 Å². The fourth-order valence-electron chi connectivity index (χ4n) is 3.63. The molecule has 0 aromatic carbocycles. The SMILES string of the molecule is Brc1ccc(CN2CCCC2C2CCCC2)nc1. The van der Waals surface area contributed by atoms with Gasteiger partial charge in [0.05, 0.1) is 5.69 Å². The fraction of sp³-hybridized carbons (Fsp3) is 0.667. The van der Waals surface area contributed by atoms with Crippen molar-refractivity contribution >= 4 is 15.9 Å². The van der Waals surface area contributed by atoms with E-state index in [0.29, 0.717) is 0 Å². The molecule has 0 N–H and O–H groups in total. The molecule has 2 aliphatic rings. The second kappa shape index (κ2) is 5.70. The maximum absolute atomic E-state index is 4.51. The highest BCUT2D eigenvalue weighted by Crippen LogP contribution is 2.35. The number of nitrogens with zero attached hydrogens (tertiary/aromatic N) is 2. The number of pyridine rings is 1. The number of hydrogen-bond acceptors (Lipinski definition) is 2. The Morgan fingerprint density at radius 2 is 2.00 bits per heavy atom. The smallest absolute Gasteiger partial charge is 0.0544 e. The lowest BCUT2D eigenvalue weighted by Crippen LogP contribution is -2.34. The second-order valence-electron chi connectivity index (χ2n) is 5.69. The minimum atomic E-state index is 0.831. The van der Waals surface area contributed by atoms with Gasteiger partial charge in [0.1, 0.15) is 0 Å². The van der Waals surface area contributed by atoms with E-state index in [1.807, 2.05) is 6.20 Å². The Hall–Kier alpha value is -0.410. The Bertz CT molecular complexity index is 384. The molecule has 1 saturated carbocycles. The summed E-state index contributed by atoms with van der Waals surface area (Å²) < 4.78 is 1.07. The van der Waals surface area contributed by atoms with Gasteiger partial charge in [-0.1, -0.05) is 12.8 Å². The van der Waals surface area contributed by atoms with Gasteiger partial charge in [0, 0.05) is 23.3 Å². The summed E-state index contributed by atoms with van der Waals surface area (Å²) in [4.78, 5) is 7.19. The molecule has 1 aliphatic carbocycles. The molecule has 2 fully saturated rings. The molecular formula is C15H21BrN2. The lowest BCUT2D eigenvalue weighted by molar-refractivity contribution is 0.181. The highest BCUT2D eigenvalue weighted by molar-refractivity contribution is 9.10. The quantitative estimate of drug-likeness (QED) is 0.839. The van der Waals surface area contributed by atoms with Crippen LogP contribution in [-0.2, 0) is 6.54 Å². The lowest BCUT2D eigenvalue weighted by Gasteiger charge is -2.29. The van der Waals surface area contributed by atoms with Crippen LogP contribution in [0.5, 0.6) is 0 Å². The van der Waals surface area contributed by atoms with Crippen molar-refractivity contribution in [2.24, 2.45) is 5.92 Å². The molecule has 1 aromatic rings. The number of likely N-dealkylation sites (tertiary alicyclic amines) is 1. The van der Waals surface area contributed by atoms with E-state index in [9.17, 15) is 0 Å². The Morgan fingerprint density at radius 3 is 2.72 bits per heavy atom. The van der Waals surface area contributed by atoms with Gasteiger partial charge in [0.25, 0.3) is 0 Å². The summed E-state index contributed by atoms with van der Waals surface area (Å²) in [5.41, 5.74) is 1.21. The third kappa shape index (κ3) is 2.77. The van der Waals surface area contributed by atoms with Gasteiger partial charge in [0.2, 0.25) is 0 Å². The number of halogens is 1. The van der Waals surface area contributed by atoms with Gasteiger partial charge in [0.15, 0.2) is 0 Å². The van der Waals surface area contributed by atoms with Crippen LogP contribution in [0.3, 0.4) is 0 Å². The van der Waals surface area contributed by atoms with Gasteiger partial charge < -0.3 is 0 Å². The zero-order chi connectivity index (χ0) is 12.4. The van der Waals surface area contributed by atoms with Gasteiger partial charge >= 0.3 is 0 Å². The zero-order valence-electron chi connectivity index (χ0n) is 10.8.